The van der Waals surface area contributed by atoms with E-state index in [1.54, 1.807) is 18.8 Å². The fraction of sp³-hybridized carbons (Fsp3) is 0.667. The molecule has 0 radical (unpaired) electrons. The van der Waals surface area contributed by atoms with Crippen molar-refractivity contribution in [1.82, 2.24) is 25.1 Å². The molecule has 1 amide bonds. The van der Waals surface area contributed by atoms with Crippen LogP contribution >= 0.6 is 12.2 Å². The number of nitrogens with one attached hydrogen (secondary N) is 1. The number of aromatic amines is 1. The molecule has 1 rings (SSSR count). The van der Waals surface area contributed by atoms with Crippen molar-refractivity contribution in [3.05, 3.63) is 4.77 Å². The quantitative estimate of drug-likeness (QED) is 0.688. The van der Waals surface area contributed by atoms with E-state index < -0.39 is 0 Å². The third kappa shape index (κ3) is 2.62. The summed E-state index contributed by atoms with van der Waals surface area (Å²) in [7, 11) is 3.43. The molecule has 0 fully saturated rings. The average molecular weight is 201 g/mol. The predicted octanol–water partition coefficient (Wildman–Crippen LogP) is -0.186. The number of tetrazole rings is 1. The SMILES string of the molecule is CN(C)C(=O)CCn1[nH]nnc1=S. The van der Waals surface area contributed by atoms with Crippen molar-refractivity contribution < 1.29 is 4.79 Å². The number of rotatable bonds is 3. The third-order valence-corrected chi connectivity index (χ3v) is 1.88. The number of hydrogen-bond donors (Lipinski definition) is 1. The molecule has 7 heteroatoms. The number of hydrogen-bond acceptors (Lipinski definition) is 4. The largest absolute Gasteiger partial charge is 0.349 e. The highest BCUT2D eigenvalue weighted by Crippen LogP contribution is 1.92. The van der Waals surface area contributed by atoms with E-state index in [4.69, 9.17) is 12.2 Å². The van der Waals surface area contributed by atoms with Gasteiger partial charge in [-0.25, -0.2) is 4.68 Å². The maximum Gasteiger partial charge on any atom is 0.238 e. The standard InChI is InChI=1S/C6H11N5OS/c1-10(2)5(12)3-4-11-6(13)7-8-9-11/h3-4H2,1-2H3,(H,7,9,13). The smallest absolute Gasteiger partial charge is 0.238 e. The Morgan fingerprint density at radius 2 is 2.38 bits per heavy atom. The predicted molar refractivity (Wildman–Crippen MR) is 48.5 cm³/mol. The third-order valence-electron chi connectivity index (χ3n) is 1.58. The van der Waals surface area contributed by atoms with E-state index in [1.807, 2.05) is 0 Å². The molecule has 13 heavy (non-hydrogen) atoms. The maximum absolute atomic E-state index is 11.2. The van der Waals surface area contributed by atoms with Gasteiger partial charge in [-0.1, -0.05) is 10.3 Å². The molecule has 1 N–H and O–H groups in total. The highest BCUT2D eigenvalue weighted by Gasteiger charge is 2.04. The van der Waals surface area contributed by atoms with Gasteiger partial charge in [0.15, 0.2) is 0 Å². The van der Waals surface area contributed by atoms with E-state index in [0.717, 1.165) is 0 Å². The zero-order valence-electron chi connectivity index (χ0n) is 7.52. The van der Waals surface area contributed by atoms with Gasteiger partial charge in [-0.15, -0.1) is 0 Å². The molecule has 0 bridgehead atoms. The van der Waals surface area contributed by atoms with E-state index in [2.05, 4.69) is 15.5 Å². The monoisotopic (exact) mass is 201 g/mol. The highest BCUT2D eigenvalue weighted by molar-refractivity contribution is 7.71. The Hall–Kier alpha value is -1.24. The Morgan fingerprint density at radius 3 is 2.85 bits per heavy atom. The van der Waals surface area contributed by atoms with Crippen molar-refractivity contribution in [1.29, 1.82) is 0 Å². The Labute approximate surface area is 80.5 Å². The molecule has 1 aromatic heterocycles. The van der Waals surface area contributed by atoms with E-state index in [-0.39, 0.29) is 5.91 Å². The summed E-state index contributed by atoms with van der Waals surface area (Å²) >= 11 is 4.84. The first-order valence-corrected chi connectivity index (χ1v) is 4.20. The fourth-order valence-electron chi connectivity index (χ4n) is 0.793. The first-order chi connectivity index (χ1) is 6.11. The molecular formula is C6H11N5OS. The Bertz CT molecular complexity index is 341. The molecule has 0 spiro atoms. The zero-order valence-corrected chi connectivity index (χ0v) is 8.34. The molecule has 0 atom stereocenters. The second-order valence-corrected chi connectivity index (χ2v) is 3.14. The number of amides is 1. The minimum absolute atomic E-state index is 0.0523. The number of nitrogens with zero attached hydrogens (tertiary/aromatic N) is 4. The Balaban J connectivity index is 2.49. The average Bonchev–Trinajstić information content (AvgIpc) is 2.47. The summed E-state index contributed by atoms with van der Waals surface area (Å²) in [6.07, 6.45) is 0.394. The van der Waals surface area contributed by atoms with E-state index in [1.165, 1.54) is 4.90 Å². The van der Waals surface area contributed by atoms with Gasteiger partial charge in [0.1, 0.15) is 0 Å². The van der Waals surface area contributed by atoms with Crippen molar-refractivity contribution in [2.45, 2.75) is 13.0 Å². The molecule has 0 aromatic carbocycles. The molecule has 0 aliphatic heterocycles. The van der Waals surface area contributed by atoms with Gasteiger partial charge in [0.05, 0.1) is 6.54 Å². The molecule has 1 heterocycles. The zero-order chi connectivity index (χ0) is 9.84. The lowest BCUT2D eigenvalue weighted by atomic mass is 10.4. The van der Waals surface area contributed by atoms with Crippen LogP contribution in [0.5, 0.6) is 0 Å². The lowest BCUT2D eigenvalue weighted by Gasteiger charge is -2.09. The van der Waals surface area contributed by atoms with Gasteiger partial charge >= 0.3 is 0 Å². The molecule has 0 saturated heterocycles. The summed E-state index contributed by atoms with van der Waals surface area (Å²) in [4.78, 5) is 12.7. The van der Waals surface area contributed by atoms with Gasteiger partial charge in [0.2, 0.25) is 10.7 Å². The fourth-order valence-corrected chi connectivity index (χ4v) is 0.966. The molecule has 0 unspecified atom stereocenters. The number of H-pyrrole nitrogens is 1. The van der Waals surface area contributed by atoms with Crippen molar-refractivity contribution in [2.75, 3.05) is 14.1 Å². The lowest BCUT2D eigenvalue weighted by molar-refractivity contribution is -0.128. The van der Waals surface area contributed by atoms with Crippen LogP contribution in [0.2, 0.25) is 0 Å². The first kappa shape index (κ1) is 9.85. The van der Waals surface area contributed by atoms with Gasteiger partial charge in [-0.05, 0) is 12.2 Å². The molecule has 72 valence electrons. The van der Waals surface area contributed by atoms with Gasteiger partial charge < -0.3 is 4.90 Å². The Morgan fingerprint density at radius 1 is 1.69 bits per heavy atom. The molecular weight excluding hydrogens is 190 g/mol. The molecule has 0 aliphatic rings. The molecule has 0 aliphatic carbocycles. The van der Waals surface area contributed by atoms with Gasteiger partial charge in [0.25, 0.3) is 0 Å². The van der Waals surface area contributed by atoms with Crippen LogP contribution in [0, 0.1) is 4.77 Å². The summed E-state index contributed by atoms with van der Waals surface area (Å²) < 4.78 is 1.92. The minimum Gasteiger partial charge on any atom is -0.349 e. The van der Waals surface area contributed by atoms with Crippen LogP contribution in [0.25, 0.3) is 0 Å². The maximum atomic E-state index is 11.2. The summed E-state index contributed by atoms with van der Waals surface area (Å²) in [6.45, 7) is 0.489. The normalized spacial score (nSPS) is 10.0. The minimum atomic E-state index is 0.0523. The topological polar surface area (TPSA) is 66.8 Å². The van der Waals surface area contributed by atoms with Crippen LogP contribution in [-0.4, -0.2) is 45.1 Å². The molecule has 0 saturated carbocycles. The van der Waals surface area contributed by atoms with Crippen molar-refractivity contribution >= 4 is 18.1 Å². The number of aromatic nitrogens is 4. The highest BCUT2D eigenvalue weighted by atomic mass is 32.1. The van der Waals surface area contributed by atoms with Gasteiger partial charge in [0, 0.05) is 20.5 Å². The summed E-state index contributed by atoms with van der Waals surface area (Å²) in [5, 5.41) is 9.67. The summed E-state index contributed by atoms with van der Waals surface area (Å²) in [5.74, 6) is 0.0523. The van der Waals surface area contributed by atoms with Crippen LogP contribution in [0.1, 0.15) is 6.42 Å². The first-order valence-electron chi connectivity index (χ1n) is 3.79. The second-order valence-electron chi connectivity index (χ2n) is 2.77. The van der Waals surface area contributed by atoms with Crippen LogP contribution in [0.15, 0.2) is 0 Å². The summed E-state index contributed by atoms with van der Waals surface area (Å²) in [6, 6.07) is 0. The van der Waals surface area contributed by atoms with Crippen LogP contribution in [0.3, 0.4) is 0 Å². The van der Waals surface area contributed by atoms with Crippen LogP contribution in [-0.2, 0) is 11.3 Å². The van der Waals surface area contributed by atoms with Crippen molar-refractivity contribution in [3.63, 3.8) is 0 Å². The summed E-state index contributed by atoms with van der Waals surface area (Å²) in [5.41, 5.74) is 0. The van der Waals surface area contributed by atoms with E-state index >= 15 is 0 Å². The van der Waals surface area contributed by atoms with Gasteiger partial charge in [-0.2, -0.15) is 5.21 Å². The van der Waals surface area contributed by atoms with E-state index in [0.29, 0.717) is 17.7 Å². The number of carbonyl (C=O) groups is 1. The van der Waals surface area contributed by atoms with Crippen molar-refractivity contribution in [2.24, 2.45) is 0 Å². The van der Waals surface area contributed by atoms with Crippen molar-refractivity contribution in [3.8, 4) is 0 Å². The molecule has 1 aromatic rings. The molecule has 6 nitrogen and oxygen atoms in total. The van der Waals surface area contributed by atoms with E-state index in [9.17, 15) is 4.79 Å². The van der Waals surface area contributed by atoms with Gasteiger partial charge in [-0.3, -0.25) is 4.79 Å². The van der Waals surface area contributed by atoms with Crippen LogP contribution < -0.4 is 0 Å². The van der Waals surface area contributed by atoms with Crippen LogP contribution in [0.4, 0.5) is 0 Å². The Kier molecular flexibility index (Phi) is 3.13. The number of carbonyl (C=O) groups excluding carboxylic acids is 1. The second kappa shape index (κ2) is 4.13. The lowest BCUT2D eigenvalue weighted by Crippen LogP contribution is -2.23. The number of aryl methyl sites for hydroxylation is 1.